The fraction of sp³-hybridized carbons (Fsp3) is 0.400. The Morgan fingerprint density at radius 2 is 2.11 bits per heavy atom. The van der Waals surface area contributed by atoms with Crippen molar-refractivity contribution < 1.29 is 4.74 Å². The van der Waals surface area contributed by atoms with Gasteiger partial charge in [0.25, 0.3) is 0 Å². The molecule has 0 fully saturated rings. The lowest BCUT2D eigenvalue weighted by molar-refractivity contribution is 0.409. The number of anilines is 1. The van der Waals surface area contributed by atoms with Crippen LogP contribution in [-0.2, 0) is 13.1 Å². The van der Waals surface area contributed by atoms with E-state index in [-0.39, 0.29) is 0 Å². The van der Waals surface area contributed by atoms with Crippen molar-refractivity contribution in [1.29, 1.82) is 0 Å². The first-order valence-electron chi connectivity index (χ1n) is 6.54. The van der Waals surface area contributed by atoms with Gasteiger partial charge in [0.05, 0.1) is 25.7 Å². The van der Waals surface area contributed by atoms with Crippen LogP contribution < -0.4 is 10.1 Å². The number of imidazole rings is 1. The molecule has 0 spiro atoms. The maximum absolute atomic E-state index is 5.44. The third-order valence-corrected chi connectivity index (χ3v) is 3.41. The van der Waals surface area contributed by atoms with Gasteiger partial charge in [-0.2, -0.15) is 0 Å². The van der Waals surface area contributed by atoms with Crippen LogP contribution in [0.4, 0.5) is 5.69 Å². The summed E-state index contributed by atoms with van der Waals surface area (Å²) in [5.74, 6) is 0.953. The molecule has 0 atom stereocenters. The highest BCUT2D eigenvalue weighted by atomic mass is 16.5. The third kappa shape index (κ3) is 2.72. The van der Waals surface area contributed by atoms with Crippen LogP contribution in [0.3, 0.4) is 0 Å². The molecule has 2 aromatic rings. The van der Waals surface area contributed by atoms with Crippen molar-refractivity contribution in [3.63, 3.8) is 0 Å². The second kappa shape index (κ2) is 5.78. The largest absolute Gasteiger partial charge is 0.496 e. The second-order valence-corrected chi connectivity index (χ2v) is 4.61. The van der Waals surface area contributed by atoms with Gasteiger partial charge in [-0.05, 0) is 32.4 Å². The van der Waals surface area contributed by atoms with Crippen molar-refractivity contribution in [2.45, 2.75) is 33.9 Å². The van der Waals surface area contributed by atoms with E-state index in [1.165, 1.54) is 5.69 Å². The van der Waals surface area contributed by atoms with Gasteiger partial charge in [-0.25, -0.2) is 4.98 Å². The van der Waals surface area contributed by atoms with Crippen molar-refractivity contribution in [3.05, 3.63) is 41.5 Å². The molecule has 0 saturated carbocycles. The number of methoxy groups -OCH3 is 1. The predicted octanol–water partition coefficient (Wildman–Crippen LogP) is 3.14. The SMILES string of the molecule is CCn1cncc1CNc1ccc(C)c(OC)c1C. The molecule has 0 saturated heterocycles. The smallest absolute Gasteiger partial charge is 0.126 e. The molecule has 0 unspecified atom stereocenters. The lowest BCUT2D eigenvalue weighted by Gasteiger charge is -2.15. The maximum Gasteiger partial charge on any atom is 0.126 e. The van der Waals surface area contributed by atoms with Gasteiger partial charge in [-0.15, -0.1) is 0 Å². The Balaban J connectivity index is 2.16. The molecule has 4 nitrogen and oxygen atoms in total. The Kier molecular flexibility index (Phi) is 4.10. The minimum absolute atomic E-state index is 0.765. The van der Waals surface area contributed by atoms with Gasteiger partial charge in [0, 0.05) is 24.0 Å². The zero-order valence-electron chi connectivity index (χ0n) is 12.0. The van der Waals surface area contributed by atoms with Gasteiger partial charge in [-0.1, -0.05) is 6.07 Å². The molecule has 0 amide bonds. The molecule has 0 aliphatic rings. The van der Waals surface area contributed by atoms with Gasteiger partial charge in [0.1, 0.15) is 5.75 Å². The van der Waals surface area contributed by atoms with Crippen molar-refractivity contribution >= 4 is 5.69 Å². The van der Waals surface area contributed by atoms with Crippen LogP contribution in [0.1, 0.15) is 23.7 Å². The Morgan fingerprint density at radius 1 is 1.32 bits per heavy atom. The zero-order valence-corrected chi connectivity index (χ0v) is 12.0. The van der Waals surface area contributed by atoms with Crippen LogP contribution >= 0.6 is 0 Å². The highest BCUT2D eigenvalue weighted by Gasteiger charge is 2.08. The highest BCUT2D eigenvalue weighted by molar-refractivity contribution is 5.59. The quantitative estimate of drug-likeness (QED) is 0.896. The van der Waals surface area contributed by atoms with Gasteiger partial charge in [0.2, 0.25) is 0 Å². The molecule has 19 heavy (non-hydrogen) atoms. The molecule has 102 valence electrons. The first-order chi connectivity index (χ1) is 9.17. The minimum atomic E-state index is 0.765. The summed E-state index contributed by atoms with van der Waals surface area (Å²) in [4.78, 5) is 4.17. The Morgan fingerprint density at radius 3 is 2.79 bits per heavy atom. The average Bonchev–Trinajstić information content (AvgIpc) is 2.86. The molecule has 1 heterocycles. The molecule has 1 N–H and O–H groups in total. The number of hydrogen-bond acceptors (Lipinski definition) is 3. The Hall–Kier alpha value is -1.97. The monoisotopic (exact) mass is 259 g/mol. The Bertz CT molecular complexity index is 561. The number of nitrogens with zero attached hydrogens (tertiary/aromatic N) is 2. The van der Waals surface area contributed by atoms with Crippen LogP contribution in [-0.4, -0.2) is 16.7 Å². The van der Waals surface area contributed by atoms with Crippen LogP contribution in [0.15, 0.2) is 24.7 Å². The van der Waals surface area contributed by atoms with Crippen molar-refractivity contribution in [1.82, 2.24) is 9.55 Å². The van der Waals surface area contributed by atoms with Crippen LogP contribution in [0.5, 0.6) is 5.75 Å². The summed E-state index contributed by atoms with van der Waals surface area (Å²) in [6.07, 6.45) is 3.76. The van der Waals surface area contributed by atoms with E-state index in [0.717, 1.165) is 35.7 Å². The predicted molar refractivity (Wildman–Crippen MR) is 77.7 cm³/mol. The van der Waals surface area contributed by atoms with E-state index < -0.39 is 0 Å². The maximum atomic E-state index is 5.44. The number of rotatable bonds is 5. The summed E-state index contributed by atoms with van der Waals surface area (Å²) in [6.45, 7) is 7.95. The van der Waals surface area contributed by atoms with E-state index in [2.05, 4.69) is 47.8 Å². The lowest BCUT2D eigenvalue weighted by atomic mass is 10.1. The third-order valence-electron chi connectivity index (χ3n) is 3.41. The zero-order chi connectivity index (χ0) is 13.8. The van der Waals surface area contributed by atoms with E-state index >= 15 is 0 Å². The summed E-state index contributed by atoms with van der Waals surface area (Å²) in [6, 6.07) is 4.17. The Labute approximate surface area is 114 Å². The molecule has 4 heteroatoms. The van der Waals surface area contributed by atoms with E-state index in [1.807, 2.05) is 12.5 Å². The number of aromatic nitrogens is 2. The van der Waals surface area contributed by atoms with Gasteiger partial charge < -0.3 is 14.6 Å². The fourth-order valence-electron chi connectivity index (χ4n) is 2.30. The lowest BCUT2D eigenvalue weighted by Crippen LogP contribution is -2.07. The molecule has 1 aromatic carbocycles. The first-order valence-corrected chi connectivity index (χ1v) is 6.54. The molecular weight excluding hydrogens is 238 g/mol. The van der Waals surface area contributed by atoms with E-state index in [9.17, 15) is 0 Å². The first kappa shape index (κ1) is 13.5. The minimum Gasteiger partial charge on any atom is -0.496 e. The van der Waals surface area contributed by atoms with Crippen molar-refractivity contribution in [3.8, 4) is 5.75 Å². The van der Waals surface area contributed by atoms with Gasteiger partial charge in [0.15, 0.2) is 0 Å². The molecule has 0 aliphatic heterocycles. The fourth-order valence-corrected chi connectivity index (χ4v) is 2.30. The standard InChI is InChI=1S/C15H21N3O/c1-5-18-10-16-8-13(18)9-17-14-7-6-11(2)15(19-4)12(14)3/h6-8,10,17H,5,9H2,1-4H3. The molecule has 0 bridgehead atoms. The summed E-state index contributed by atoms with van der Waals surface area (Å²) in [7, 11) is 1.71. The number of nitrogens with one attached hydrogen (secondary N) is 1. The summed E-state index contributed by atoms with van der Waals surface area (Å²) in [5.41, 5.74) is 4.59. The highest BCUT2D eigenvalue weighted by Crippen LogP contribution is 2.29. The van der Waals surface area contributed by atoms with Gasteiger partial charge in [-0.3, -0.25) is 0 Å². The second-order valence-electron chi connectivity index (χ2n) is 4.61. The molecule has 0 aliphatic carbocycles. The molecular formula is C15H21N3O. The number of aryl methyl sites for hydroxylation is 2. The van der Waals surface area contributed by atoms with Crippen molar-refractivity contribution in [2.75, 3.05) is 12.4 Å². The van der Waals surface area contributed by atoms with E-state index in [1.54, 1.807) is 7.11 Å². The summed E-state index contributed by atoms with van der Waals surface area (Å²) in [5, 5.41) is 3.45. The number of benzene rings is 1. The normalized spacial score (nSPS) is 10.5. The molecule has 2 rings (SSSR count). The number of ether oxygens (including phenoxy) is 1. The van der Waals surface area contributed by atoms with Crippen LogP contribution in [0.25, 0.3) is 0 Å². The summed E-state index contributed by atoms with van der Waals surface area (Å²) < 4.78 is 7.57. The topological polar surface area (TPSA) is 39.1 Å². The van der Waals surface area contributed by atoms with E-state index in [4.69, 9.17) is 4.74 Å². The molecule has 0 radical (unpaired) electrons. The summed E-state index contributed by atoms with van der Waals surface area (Å²) >= 11 is 0. The van der Waals surface area contributed by atoms with Crippen LogP contribution in [0.2, 0.25) is 0 Å². The van der Waals surface area contributed by atoms with E-state index in [0.29, 0.717) is 0 Å². The van der Waals surface area contributed by atoms with Crippen LogP contribution in [0, 0.1) is 13.8 Å². The molecule has 1 aromatic heterocycles. The number of hydrogen-bond donors (Lipinski definition) is 1. The van der Waals surface area contributed by atoms with Crippen molar-refractivity contribution in [2.24, 2.45) is 0 Å². The van der Waals surface area contributed by atoms with Gasteiger partial charge >= 0.3 is 0 Å². The average molecular weight is 259 g/mol.